The summed E-state index contributed by atoms with van der Waals surface area (Å²) in [6.45, 7) is 6.01. The fourth-order valence-electron chi connectivity index (χ4n) is 2.49. The van der Waals surface area contributed by atoms with Crippen LogP contribution in [0.4, 0.5) is 6.01 Å². The molecule has 0 radical (unpaired) electrons. The smallest absolute Gasteiger partial charge is 0.317 e. The van der Waals surface area contributed by atoms with E-state index in [0.717, 1.165) is 13.1 Å². The molecule has 19 heavy (non-hydrogen) atoms. The van der Waals surface area contributed by atoms with E-state index in [-0.39, 0.29) is 0 Å². The van der Waals surface area contributed by atoms with Gasteiger partial charge in [-0.25, -0.2) is 0 Å². The van der Waals surface area contributed by atoms with Crippen molar-refractivity contribution < 1.29 is 4.42 Å². The standard InChI is InChI=1S/C13H25N5O/c1-11-5-3-4-8-18(11)10-9-17(2)13-16-15-12(19-13)6-7-14/h11H,3-10,14H2,1-2H3. The lowest BCUT2D eigenvalue weighted by atomic mass is 10.0. The zero-order chi connectivity index (χ0) is 13.7. The van der Waals surface area contributed by atoms with Crippen LogP contribution in [0.5, 0.6) is 0 Å². The van der Waals surface area contributed by atoms with Crippen LogP contribution in [0, 0.1) is 0 Å². The molecule has 1 atom stereocenters. The molecule has 0 saturated carbocycles. The van der Waals surface area contributed by atoms with Gasteiger partial charge in [0.05, 0.1) is 0 Å². The molecular weight excluding hydrogens is 242 g/mol. The topological polar surface area (TPSA) is 71.4 Å². The highest BCUT2D eigenvalue weighted by molar-refractivity contribution is 5.21. The van der Waals surface area contributed by atoms with Gasteiger partial charge in [-0.1, -0.05) is 11.5 Å². The Balaban J connectivity index is 1.80. The molecule has 0 bridgehead atoms. The fourth-order valence-corrected chi connectivity index (χ4v) is 2.49. The number of likely N-dealkylation sites (N-methyl/N-ethyl adjacent to an activating group) is 1. The molecule has 2 N–H and O–H groups in total. The van der Waals surface area contributed by atoms with E-state index in [1.165, 1.54) is 25.8 Å². The Kier molecular flexibility index (Phi) is 5.15. The predicted octanol–water partition coefficient (Wildman–Crippen LogP) is 0.881. The monoisotopic (exact) mass is 267 g/mol. The molecule has 0 aromatic carbocycles. The highest BCUT2D eigenvalue weighted by Crippen LogP contribution is 2.16. The summed E-state index contributed by atoms with van der Waals surface area (Å²) < 4.78 is 5.56. The first-order chi connectivity index (χ1) is 9.20. The van der Waals surface area contributed by atoms with E-state index in [1.54, 1.807) is 0 Å². The van der Waals surface area contributed by atoms with Gasteiger partial charge in [0.2, 0.25) is 5.89 Å². The van der Waals surface area contributed by atoms with Crippen molar-refractivity contribution in [3.05, 3.63) is 5.89 Å². The molecule has 1 saturated heterocycles. The Labute approximate surface area is 115 Å². The third-order valence-electron chi connectivity index (χ3n) is 3.80. The molecule has 1 aliphatic heterocycles. The van der Waals surface area contributed by atoms with Crippen LogP contribution in [0.15, 0.2) is 4.42 Å². The summed E-state index contributed by atoms with van der Waals surface area (Å²) in [5, 5.41) is 8.04. The van der Waals surface area contributed by atoms with Gasteiger partial charge in [0.25, 0.3) is 0 Å². The van der Waals surface area contributed by atoms with Gasteiger partial charge in [-0.05, 0) is 26.3 Å². The van der Waals surface area contributed by atoms with Crippen molar-refractivity contribution in [2.75, 3.05) is 38.1 Å². The first-order valence-electron chi connectivity index (χ1n) is 7.18. The first-order valence-corrected chi connectivity index (χ1v) is 7.18. The van der Waals surface area contributed by atoms with Crippen LogP contribution in [-0.4, -0.2) is 54.4 Å². The average Bonchev–Trinajstić information content (AvgIpc) is 2.87. The Morgan fingerprint density at radius 3 is 3.00 bits per heavy atom. The maximum Gasteiger partial charge on any atom is 0.317 e. The largest absolute Gasteiger partial charge is 0.408 e. The third kappa shape index (κ3) is 3.91. The van der Waals surface area contributed by atoms with Crippen LogP contribution in [-0.2, 0) is 6.42 Å². The van der Waals surface area contributed by atoms with Crippen LogP contribution in [0.25, 0.3) is 0 Å². The molecule has 108 valence electrons. The summed E-state index contributed by atoms with van der Waals surface area (Å²) in [7, 11) is 1.99. The van der Waals surface area contributed by atoms with Crippen molar-refractivity contribution in [3.8, 4) is 0 Å². The Hall–Kier alpha value is -1.14. The third-order valence-corrected chi connectivity index (χ3v) is 3.80. The molecule has 1 fully saturated rings. The van der Waals surface area contributed by atoms with Gasteiger partial charge in [-0.15, -0.1) is 5.10 Å². The van der Waals surface area contributed by atoms with Gasteiger partial charge in [0.1, 0.15) is 0 Å². The molecule has 6 heteroatoms. The zero-order valence-corrected chi connectivity index (χ0v) is 12.0. The summed E-state index contributed by atoms with van der Waals surface area (Å²) in [6, 6.07) is 1.28. The lowest BCUT2D eigenvalue weighted by Gasteiger charge is -2.34. The van der Waals surface area contributed by atoms with E-state index < -0.39 is 0 Å². The van der Waals surface area contributed by atoms with E-state index in [4.69, 9.17) is 10.2 Å². The Bertz CT molecular complexity index is 381. The van der Waals surface area contributed by atoms with Crippen molar-refractivity contribution in [1.82, 2.24) is 15.1 Å². The summed E-state index contributed by atoms with van der Waals surface area (Å²) in [5.41, 5.74) is 5.47. The van der Waals surface area contributed by atoms with Crippen molar-refractivity contribution in [1.29, 1.82) is 0 Å². The van der Waals surface area contributed by atoms with E-state index in [1.807, 2.05) is 11.9 Å². The summed E-state index contributed by atoms with van der Waals surface area (Å²) in [4.78, 5) is 4.56. The zero-order valence-electron chi connectivity index (χ0n) is 12.0. The average molecular weight is 267 g/mol. The number of anilines is 1. The summed E-state index contributed by atoms with van der Waals surface area (Å²) in [5.74, 6) is 0.621. The van der Waals surface area contributed by atoms with Crippen molar-refractivity contribution in [2.45, 2.75) is 38.6 Å². The number of piperidine rings is 1. The van der Waals surface area contributed by atoms with Gasteiger partial charge < -0.3 is 15.1 Å². The molecule has 1 aromatic rings. The summed E-state index contributed by atoms with van der Waals surface area (Å²) >= 11 is 0. The second kappa shape index (κ2) is 6.86. The highest BCUT2D eigenvalue weighted by Gasteiger charge is 2.19. The minimum Gasteiger partial charge on any atom is -0.408 e. The molecule has 0 spiro atoms. The predicted molar refractivity (Wildman–Crippen MR) is 75.2 cm³/mol. The van der Waals surface area contributed by atoms with Gasteiger partial charge in [0, 0.05) is 39.1 Å². The number of aromatic nitrogens is 2. The van der Waals surface area contributed by atoms with Crippen LogP contribution >= 0.6 is 0 Å². The van der Waals surface area contributed by atoms with Gasteiger partial charge in [-0.3, -0.25) is 4.90 Å². The van der Waals surface area contributed by atoms with Crippen molar-refractivity contribution in [2.24, 2.45) is 5.73 Å². The number of rotatable bonds is 6. The number of nitrogens with two attached hydrogens (primary N) is 1. The highest BCUT2D eigenvalue weighted by atomic mass is 16.4. The van der Waals surface area contributed by atoms with E-state index in [9.17, 15) is 0 Å². The van der Waals surface area contributed by atoms with Gasteiger partial charge >= 0.3 is 6.01 Å². The first kappa shape index (κ1) is 14.3. The number of nitrogens with zero attached hydrogens (tertiary/aromatic N) is 4. The molecule has 1 unspecified atom stereocenters. The molecule has 1 aliphatic rings. The van der Waals surface area contributed by atoms with Crippen LogP contribution in [0.2, 0.25) is 0 Å². The molecular formula is C13H25N5O. The fraction of sp³-hybridized carbons (Fsp3) is 0.846. The van der Waals surface area contributed by atoms with E-state index in [2.05, 4.69) is 22.0 Å². The van der Waals surface area contributed by atoms with Crippen LogP contribution in [0.1, 0.15) is 32.1 Å². The minimum absolute atomic E-state index is 0.538. The van der Waals surface area contributed by atoms with Crippen LogP contribution in [0.3, 0.4) is 0 Å². The van der Waals surface area contributed by atoms with Crippen LogP contribution < -0.4 is 10.6 Å². The Morgan fingerprint density at radius 2 is 2.26 bits per heavy atom. The Morgan fingerprint density at radius 1 is 1.42 bits per heavy atom. The molecule has 6 nitrogen and oxygen atoms in total. The molecule has 1 aromatic heterocycles. The molecule has 2 heterocycles. The number of likely N-dealkylation sites (tertiary alicyclic amines) is 1. The lowest BCUT2D eigenvalue weighted by molar-refractivity contribution is 0.164. The number of hydrogen-bond acceptors (Lipinski definition) is 6. The normalized spacial score (nSPS) is 20.7. The maximum absolute atomic E-state index is 5.56. The van der Waals surface area contributed by atoms with Gasteiger partial charge in [0.15, 0.2) is 0 Å². The molecule has 0 amide bonds. The number of hydrogen-bond donors (Lipinski definition) is 1. The van der Waals surface area contributed by atoms with Crippen molar-refractivity contribution in [3.63, 3.8) is 0 Å². The quantitative estimate of drug-likeness (QED) is 0.825. The lowest BCUT2D eigenvalue weighted by Crippen LogP contribution is -2.41. The second-order valence-electron chi connectivity index (χ2n) is 5.32. The second-order valence-corrected chi connectivity index (χ2v) is 5.32. The van der Waals surface area contributed by atoms with Crippen molar-refractivity contribution >= 4 is 6.01 Å². The SMILES string of the molecule is CC1CCCCN1CCN(C)c1nnc(CCN)o1. The molecule has 0 aliphatic carbocycles. The van der Waals surface area contributed by atoms with Gasteiger partial charge in [-0.2, -0.15) is 0 Å². The van der Waals surface area contributed by atoms with E-state index in [0.29, 0.717) is 30.9 Å². The van der Waals surface area contributed by atoms with E-state index >= 15 is 0 Å². The summed E-state index contributed by atoms with van der Waals surface area (Å²) in [6.07, 6.45) is 4.63. The minimum atomic E-state index is 0.538. The maximum atomic E-state index is 5.56. The molecule has 2 rings (SSSR count).